The second-order valence-corrected chi connectivity index (χ2v) is 6.28. The number of hydrogen-bond acceptors (Lipinski definition) is 2. The predicted octanol–water partition coefficient (Wildman–Crippen LogP) is 3.44. The number of amides is 2. The third-order valence-electron chi connectivity index (χ3n) is 4.55. The van der Waals surface area contributed by atoms with Crippen LogP contribution in [0.25, 0.3) is 0 Å². The molecule has 1 heterocycles. The van der Waals surface area contributed by atoms with E-state index in [2.05, 4.69) is 0 Å². The van der Waals surface area contributed by atoms with E-state index in [0.29, 0.717) is 19.4 Å². The van der Waals surface area contributed by atoms with Crippen molar-refractivity contribution < 1.29 is 9.59 Å². The molecule has 0 spiro atoms. The smallest absolute Gasteiger partial charge is 0.233 e. The quantitative estimate of drug-likeness (QED) is 0.811. The molecule has 2 atom stereocenters. The molecule has 23 heavy (non-hydrogen) atoms. The number of hydrogen-bond donors (Lipinski definition) is 0. The van der Waals surface area contributed by atoms with Crippen molar-refractivity contribution in [3.8, 4) is 0 Å². The van der Waals surface area contributed by atoms with Gasteiger partial charge in [-0.15, -0.1) is 0 Å². The summed E-state index contributed by atoms with van der Waals surface area (Å²) in [6.07, 6.45) is 1.13. The summed E-state index contributed by atoms with van der Waals surface area (Å²) in [4.78, 5) is 26.6. The largest absolute Gasteiger partial charge is 0.278 e. The predicted molar refractivity (Wildman–Crippen MR) is 89.4 cm³/mol. The Morgan fingerprint density at radius 3 is 2.09 bits per heavy atom. The lowest BCUT2D eigenvalue weighted by atomic mass is 9.81. The fourth-order valence-electron chi connectivity index (χ4n) is 3.18. The van der Waals surface area contributed by atoms with E-state index < -0.39 is 0 Å². The lowest BCUT2D eigenvalue weighted by Crippen LogP contribution is -2.48. The standard InChI is InChI=1S/C20H21NO2/c1-15-12-19(22)21(14-17-10-6-3-7-11-17)20(23)18(15)13-16-8-4-2-5-9-16/h2-11,15,18H,12-14H2,1H3/t15-,18+/m1/s1. The molecule has 2 aromatic rings. The third-order valence-corrected chi connectivity index (χ3v) is 4.55. The van der Waals surface area contributed by atoms with Gasteiger partial charge in [-0.1, -0.05) is 67.6 Å². The van der Waals surface area contributed by atoms with Gasteiger partial charge in [-0.2, -0.15) is 0 Å². The van der Waals surface area contributed by atoms with Gasteiger partial charge in [0.1, 0.15) is 0 Å². The van der Waals surface area contributed by atoms with Crippen LogP contribution >= 0.6 is 0 Å². The van der Waals surface area contributed by atoms with E-state index in [1.54, 1.807) is 0 Å². The van der Waals surface area contributed by atoms with Crippen molar-refractivity contribution in [3.05, 3.63) is 71.8 Å². The minimum Gasteiger partial charge on any atom is -0.278 e. The highest BCUT2D eigenvalue weighted by Gasteiger charge is 2.38. The van der Waals surface area contributed by atoms with Gasteiger partial charge in [0.15, 0.2) is 0 Å². The summed E-state index contributed by atoms with van der Waals surface area (Å²) in [7, 11) is 0. The van der Waals surface area contributed by atoms with Crippen LogP contribution in [0.3, 0.4) is 0 Å². The summed E-state index contributed by atoms with van der Waals surface area (Å²) in [6, 6.07) is 19.7. The Bertz CT molecular complexity index is 681. The molecule has 118 valence electrons. The van der Waals surface area contributed by atoms with E-state index in [9.17, 15) is 9.59 Å². The van der Waals surface area contributed by atoms with Gasteiger partial charge in [0, 0.05) is 12.3 Å². The second-order valence-electron chi connectivity index (χ2n) is 6.28. The summed E-state index contributed by atoms with van der Waals surface area (Å²) in [6.45, 7) is 2.37. The second kappa shape index (κ2) is 6.78. The van der Waals surface area contributed by atoms with Crippen LogP contribution in [-0.4, -0.2) is 16.7 Å². The zero-order chi connectivity index (χ0) is 16.2. The van der Waals surface area contributed by atoms with Gasteiger partial charge in [0.25, 0.3) is 0 Å². The first-order valence-corrected chi connectivity index (χ1v) is 8.07. The molecule has 2 amide bonds. The minimum atomic E-state index is -0.126. The maximum atomic E-state index is 12.9. The van der Waals surface area contributed by atoms with E-state index in [1.165, 1.54) is 4.90 Å². The first kappa shape index (κ1) is 15.5. The van der Waals surface area contributed by atoms with Gasteiger partial charge in [0.2, 0.25) is 11.8 Å². The summed E-state index contributed by atoms with van der Waals surface area (Å²) in [5, 5.41) is 0. The Balaban J connectivity index is 1.78. The van der Waals surface area contributed by atoms with Crippen molar-refractivity contribution in [2.75, 3.05) is 0 Å². The van der Waals surface area contributed by atoms with Gasteiger partial charge in [0.05, 0.1) is 6.54 Å². The average Bonchev–Trinajstić information content (AvgIpc) is 2.57. The number of benzene rings is 2. The molecule has 1 aliphatic heterocycles. The maximum Gasteiger partial charge on any atom is 0.233 e. The molecular weight excluding hydrogens is 286 g/mol. The minimum absolute atomic E-state index is 0.0403. The van der Waals surface area contributed by atoms with Gasteiger partial charge < -0.3 is 0 Å². The molecule has 3 rings (SSSR count). The number of imide groups is 1. The SMILES string of the molecule is C[C@@H]1CC(=O)N(Cc2ccccc2)C(=O)[C@H]1Cc1ccccc1. The topological polar surface area (TPSA) is 37.4 Å². The van der Waals surface area contributed by atoms with Crippen molar-refractivity contribution >= 4 is 11.8 Å². The number of piperidine rings is 1. The van der Waals surface area contributed by atoms with Crippen LogP contribution in [0.1, 0.15) is 24.5 Å². The molecule has 0 saturated carbocycles. The molecule has 0 N–H and O–H groups in total. The Kier molecular flexibility index (Phi) is 4.56. The van der Waals surface area contributed by atoms with Crippen LogP contribution in [-0.2, 0) is 22.6 Å². The molecular formula is C20H21NO2. The molecule has 0 aromatic heterocycles. The van der Waals surface area contributed by atoms with E-state index in [1.807, 2.05) is 67.6 Å². The lowest BCUT2D eigenvalue weighted by molar-refractivity contribution is -0.155. The first-order valence-electron chi connectivity index (χ1n) is 8.07. The number of carbonyl (C=O) groups excluding carboxylic acids is 2. The molecule has 0 unspecified atom stereocenters. The van der Waals surface area contributed by atoms with Crippen molar-refractivity contribution in [2.24, 2.45) is 11.8 Å². The lowest BCUT2D eigenvalue weighted by Gasteiger charge is -2.35. The fourth-order valence-corrected chi connectivity index (χ4v) is 3.18. The highest BCUT2D eigenvalue weighted by molar-refractivity contribution is 5.99. The molecule has 0 bridgehead atoms. The van der Waals surface area contributed by atoms with E-state index in [4.69, 9.17) is 0 Å². The van der Waals surface area contributed by atoms with Crippen molar-refractivity contribution in [1.82, 2.24) is 4.90 Å². The monoisotopic (exact) mass is 307 g/mol. The van der Waals surface area contributed by atoms with Crippen LogP contribution in [0, 0.1) is 11.8 Å². The van der Waals surface area contributed by atoms with Gasteiger partial charge in [-0.3, -0.25) is 14.5 Å². The summed E-state index contributed by atoms with van der Waals surface area (Å²) in [5.74, 6) is -0.141. The Morgan fingerprint density at radius 2 is 1.48 bits per heavy atom. The Morgan fingerprint density at radius 1 is 0.913 bits per heavy atom. The highest BCUT2D eigenvalue weighted by atomic mass is 16.2. The van der Waals surface area contributed by atoms with Crippen LogP contribution in [0.4, 0.5) is 0 Å². The summed E-state index contributed by atoms with van der Waals surface area (Å²) in [5.41, 5.74) is 2.13. The van der Waals surface area contributed by atoms with E-state index in [-0.39, 0.29) is 23.7 Å². The average molecular weight is 307 g/mol. The number of rotatable bonds is 4. The zero-order valence-electron chi connectivity index (χ0n) is 13.3. The molecule has 2 aromatic carbocycles. The number of likely N-dealkylation sites (tertiary alicyclic amines) is 1. The highest BCUT2D eigenvalue weighted by Crippen LogP contribution is 2.29. The Hall–Kier alpha value is -2.42. The number of nitrogens with zero attached hydrogens (tertiary/aromatic N) is 1. The third kappa shape index (κ3) is 3.50. The molecule has 0 radical (unpaired) electrons. The normalized spacial score (nSPS) is 21.5. The van der Waals surface area contributed by atoms with Crippen molar-refractivity contribution in [2.45, 2.75) is 26.3 Å². The van der Waals surface area contributed by atoms with Crippen molar-refractivity contribution in [3.63, 3.8) is 0 Å². The molecule has 1 saturated heterocycles. The summed E-state index contributed by atoms with van der Waals surface area (Å²) >= 11 is 0. The molecule has 1 fully saturated rings. The Labute approximate surface area is 136 Å². The molecule has 0 aliphatic carbocycles. The zero-order valence-corrected chi connectivity index (χ0v) is 13.3. The molecule has 3 heteroatoms. The van der Waals surface area contributed by atoms with Gasteiger partial charge in [-0.25, -0.2) is 0 Å². The van der Waals surface area contributed by atoms with Crippen LogP contribution < -0.4 is 0 Å². The van der Waals surface area contributed by atoms with Crippen LogP contribution in [0.5, 0.6) is 0 Å². The maximum absolute atomic E-state index is 12.9. The fraction of sp³-hybridized carbons (Fsp3) is 0.300. The van der Waals surface area contributed by atoms with E-state index >= 15 is 0 Å². The van der Waals surface area contributed by atoms with Gasteiger partial charge in [-0.05, 0) is 23.5 Å². The first-order chi connectivity index (χ1) is 11.1. The van der Waals surface area contributed by atoms with Crippen LogP contribution in [0.15, 0.2) is 60.7 Å². The van der Waals surface area contributed by atoms with E-state index in [0.717, 1.165) is 11.1 Å². The molecule has 1 aliphatic rings. The summed E-state index contributed by atoms with van der Waals surface area (Å²) < 4.78 is 0. The van der Waals surface area contributed by atoms with Crippen molar-refractivity contribution in [1.29, 1.82) is 0 Å². The van der Waals surface area contributed by atoms with Gasteiger partial charge >= 0.3 is 0 Å². The van der Waals surface area contributed by atoms with Crippen LogP contribution in [0.2, 0.25) is 0 Å². The number of carbonyl (C=O) groups is 2. The molecule has 3 nitrogen and oxygen atoms in total.